The largest absolute Gasteiger partial charge is 0.493 e. The molecule has 2 aromatic rings. The molecule has 0 atom stereocenters. The first-order valence-corrected chi connectivity index (χ1v) is 7.39. The second-order valence-electron chi connectivity index (χ2n) is 4.45. The summed E-state index contributed by atoms with van der Waals surface area (Å²) in [6.07, 6.45) is 0. The Hall–Kier alpha value is -2.11. The molecule has 0 saturated carbocycles. The highest BCUT2D eigenvalue weighted by Gasteiger charge is 2.13. The Morgan fingerprint density at radius 3 is 2.48 bits per heavy atom. The zero-order valence-electron chi connectivity index (χ0n) is 12.6. The van der Waals surface area contributed by atoms with E-state index in [1.54, 1.807) is 36.4 Å². The second kappa shape index (κ2) is 7.94. The topological polar surface area (TPSA) is 56.8 Å². The maximum Gasteiger partial charge on any atom is 0.262 e. The summed E-state index contributed by atoms with van der Waals surface area (Å²) in [6.45, 7) is -0.206. The van der Waals surface area contributed by atoms with Crippen LogP contribution in [0.2, 0.25) is 10.0 Å². The average molecular weight is 356 g/mol. The Bertz CT molecular complexity index is 706. The van der Waals surface area contributed by atoms with Crippen LogP contribution < -0.4 is 19.5 Å². The van der Waals surface area contributed by atoms with Gasteiger partial charge in [0.2, 0.25) is 5.75 Å². The molecule has 0 aromatic heterocycles. The maximum atomic E-state index is 12.0. The van der Waals surface area contributed by atoms with Crippen LogP contribution in [0.4, 0.5) is 5.69 Å². The molecule has 23 heavy (non-hydrogen) atoms. The van der Waals surface area contributed by atoms with Gasteiger partial charge in [0.1, 0.15) is 0 Å². The predicted octanol–water partition coefficient (Wildman–Crippen LogP) is 4.03. The molecule has 7 heteroatoms. The van der Waals surface area contributed by atoms with Crippen LogP contribution in [0.3, 0.4) is 0 Å². The minimum atomic E-state index is -0.362. The lowest BCUT2D eigenvalue weighted by atomic mass is 10.3. The average Bonchev–Trinajstić information content (AvgIpc) is 2.55. The van der Waals surface area contributed by atoms with Crippen LogP contribution in [0.1, 0.15) is 0 Å². The molecule has 0 aliphatic rings. The van der Waals surface area contributed by atoms with Crippen molar-refractivity contribution < 1.29 is 19.0 Å². The first-order valence-electron chi connectivity index (χ1n) is 6.64. The molecule has 1 N–H and O–H groups in total. The standard InChI is InChI=1S/C16H15Cl2NO4/c1-21-13-4-3-5-14(16(13)22-2)23-9-15(20)19-12-7-6-10(17)8-11(12)18/h3-8H,9H2,1-2H3,(H,19,20). The van der Waals surface area contributed by atoms with Gasteiger partial charge in [-0.1, -0.05) is 29.3 Å². The molecule has 2 rings (SSSR count). The van der Waals surface area contributed by atoms with Gasteiger partial charge in [0, 0.05) is 5.02 Å². The van der Waals surface area contributed by atoms with Crippen LogP contribution in [0, 0.1) is 0 Å². The number of para-hydroxylation sites is 1. The van der Waals surface area contributed by atoms with Crippen LogP contribution in [0.5, 0.6) is 17.2 Å². The molecule has 5 nitrogen and oxygen atoms in total. The fourth-order valence-corrected chi connectivity index (χ4v) is 2.35. The van der Waals surface area contributed by atoms with Gasteiger partial charge >= 0.3 is 0 Å². The Morgan fingerprint density at radius 2 is 1.83 bits per heavy atom. The molecule has 0 spiro atoms. The fourth-order valence-electron chi connectivity index (χ4n) is 1.89. The minimum Gasteiger partial charge on any atom is -0.493 e. The zero-order chi connectivity index (χ0) is 16.8. The van der Waals surface area contributed by atoms with E-state index < -0.39 is 0 Å². The van der Waals surface area contributed by atoms with Crippen molar-refractivity contribution in [3.05, 3.63) is 46.4 Å². The molecular weight excluding hydrogens is 341 g/mol. The van der Waals surface area contributed by atoms with E-state index in [0.717, 1.165) is 0 Å². The lowest BCUT2D eigenvalue weighted by Crippen LogP contribution is -2.20. The molecular formula is C16H15Cl2NO4. The van der Waals surface area contributed by atoms with Gasteiger partial charge in [-0.15, -0.1) is 0 Å². The van der Waals surface area contributed by atoms with Gasteiger partial charge in [-0.2, -0.15) is 0 Å². The number of carbonyl (C=O) groups excluding carboxylic acids is 1. The Kier molecular flexibility index (Phi) is 5.96. The van der Waals surface area contributed by atoms with E-state index in [4.69, 9.17) is 37.4 Å². The Morgan fingerprint density at radius 1 is 1.09 bits per heavy atom. The number of anilines is 1. The molecule has 2 aromatic carbocycles. The molecule has 0 fully saturated rings. The number of benzene rings is 2. The van der Waals surface area contributed by atoms with Gasteiger partial charge < -0.3 is 19.5 Å². The van der Waals surface area contributed by atoms with E-state index in [1.165, 1.54) is 14.2 Å². The van der Waals surface area contributed by atoms with E-state index >= 15 is 0 Å². The van der Waals surface area contributed by atoms with Crippen LogP contribution in [-0.4, -0.2) is 26.7 Å². The molecule has 122 valence electrons. The number of rotatable bonds is 6. The number of methoxy groups -OCH3 is 2. The van der Waals surface area contributed by atoms with Crippen LogP contribution in [0.15, 0.2) is 36.4 Å². The fraction of sp³-hybridized carbons (Fsp3) is 0.188. The lowest BCUT2D eigenvalue weighted by molar-refractivity contribution is -0.118. The van der Waals surface area contributed by atoms with Crippen LogP contribution in [0.25, 0.3) is 0 Å². The number of ether oxygens (including phenoxy) is 3. The highest BCUT2D eigenvalue weighted by atomic mass is 35.5. The summed E-state index contributed by atoms with van der Waals surface area (Å²) in [5.74, 6) is 0.988. The third kappa shape index (κ3) is 4.43. The van der Waals surface area contributed by atoms with Crippen molar-refractivity contribution in [1.29, 1.82) is 0 Å². The highest BCUT2D eigenvalue weighted by Crippen LogP contribution is 2.36. The van der Waals surface area contributed by atoms with Crippen molar-refractivity contribution in [2.75, 3.05) is 26.1 Å². The SMILES string of the molecule is COc1cccc(OCC(=O)Nc2ccc(Cl)cc2Cl)c1OC. The number of carbonyl (C=O) groups is 1. The third-order valence-corrected chi connectivity index (χ3v) is 3.48. The molecule has 0 radical (unpaired) electrons. The Labute approximate surface area is 144 Å². The summed E-state index contributed by atoms with van der Waals surface area (Å²) in [7, 11) is 3.02. The summed E-state index contributed by atoms with van der Waals surface area (Å²) < 4.78 is 15.9. The van der Waals surface area contributed by atoms with Crippen molar-refractivity contribution in [1.82, 2.24) is 0 Å². The molecule has 1 amide bonds. The normalized spacial score (nSPS) is 10.1. The van der Waals surface area contributed by atoms with Crippen LogP contribution >= 0.6 is 23.2 Å². The van der Waals surface area contributed by atoms with E-state index in [1.807, 2.05) is 0 Å². The van der Waals surface area contributed by atoms with Crippen LogP contribution in [-0.2, 0) is 4.79 Å². The number of hydrogen-bond acceptors (Lipinski definition) is 4. The predicted molar refractivity (Wildman–Crippen MR) is 90.1 cm³/mol. The molecule has 0 saturated heterocycles. The smallest absolute Gasteiger partial charge is 0.262 e. The van der Waals surface area contributed by atoms with Crippen molar-refractivity contribution in [2.24, 2.45) is 0 Å². The molecule has 0 bridgehead atoms. The van der Waals surface area contributed by atoms with Crippen molar-refractivity contribution >= 4 is 34.8 Å². The van der Waals surface area contributed by atoms with E-state index in [-0.39, 0.29) is 12.5 Å². The minimum absolute atomic E-state index is 0.206. The number of amides is 1. The quantitative estimate of drug-likeness (QED) is 0.849. The monoisotopic (exact) mass is 355 g/mol. The third-order valence-electron chi connectivity index (χ3n) is 2.93. The van der Waals surface area contributed by atoms with Crippen molar-refractivity contribution in [3.63, 3.8) is 0 Å². The summed E-state index contributed by atoms with van der Waals surface area (Å²) in [6, 6.07) is 9.96. The van der Waals surface area contributed by atoms with Crippen molar-refractivity contribution in [3.8, 4) is 17.2 Å². The van der Waals surface area contributed by atoms with Gasteiger partial charge in [-0.3, -0.25) is 4.79 Å². The maximum absolute atomic E-state index is 12.0. The van der Waals surface area contributed by atoms with Gasteiger partial charge in [-0.25, -0.2) is 0 Å². The van der Waals surface area contributed by atoms with Crippen molar-refractivity contribution in [2.45, 2.75) is 0 Å². The van der Waals surface area contributed by atoms with Gasteiger partial charge in [0.15, 0.2) is 18.1 Å². The summed E-state index contributed by atoms with van der Waals surface area (Å²) in [4.78, 5) is 12.0. The molecule has 0 heterocycles. The summed E-state index contributed by atoms with van der Waals surface area (Å²) in [5.41, 5.74) is 0.460. The summed E-state index contributed by atoms with van der Waals surface area (Å²) in [5, 5.41) is 3.49. The first kappa shape index (κ1) is 17.2. The van der Waals surface area contributed by atoms with Gasteiger partial charge in [0.05, 0.1) is 24.9 Å². The van der Waals surface area contributed by atoms with Gasteiger partial charge in [-0.05, 0) is 30.3 Å². The lowest BCUT2D eigenvalue weighted by Gasteiger charge is -2.13. The van der Waals surface area contributed by atoms with E-state index in [2.05, 4.69) is 5.32 Å². The number of nitrogens with one attached hydrogen (secondary N) is 1. The molecule has 0 aliphatic heterocycles. The number of halogens is 2. The van der Waals surface area contributed by atoms with E-state index in [0.29, 0.717) is 33.0 Å². The Balaban J connectivity index is 2.02. The zero-order valence-corrected chi connectivity index (χ0v) is 14.1. The molecule has 0 aliphatic carbocycles. The van der Waals surface area contributed by atoms with Gasteiger partial charge in [0.25, 0.3) is 5.91 Å². The van der Waals surface area contributed by atoms with E-state index in [9.17, 15) is 4.79 Å². The first-order chi connectivity index (χ1) is 11.0. The summed E-state index contributed by atoms with van der Waals surface area (Å²) >= 11 is 11.8. The number of hydrogen-bond donors (Lipinski definition) is 1. The molecule has 0 unspecified atom stereocenters. The second-order valence-corrected chi connectivity index (χ2v) is 5.30. The highest BCUT2D eigenvalue weighted by molar-refractivity contribution is 6.36.